The molecule has 0 aromatic rings. The lowest BCUT2D eigenvalue weighted by Crippen LogP contribution is -2.35. The summed E-state index contributed by atoms with van der Waals surface area (Å²) in [6.07, 6.45) is 0.912. The van der Waals surface area contributed by atoms with Crippen molar-refractivity contribution in [2.24, 2.45) is 0 Å². The van der Waals surface area contributed by atoms with Gasteiger partial charge in [-0.1, -0.05) is 6.92 Å². The smallest absolute Gasteiger partial charge is 0.159 e. The molecule has 3 atom stereocenters. The Balaban J connectivity index is 2.85. The maximum Gasteiger partial charge on any atom is 0.159 e. The molecule has 0 aromatic carbocycles. The predicted octanol–water partition coefficient (Wildman–Crippen LogP) is 1.27. The number of hydrogen-bond donors (Lipinski definition) is 0. The van der Waals surface area contributed by atoms with Crippen molar-refractivity contribution in [2.75, 3.05) is 6.61 Å². The van der Waals surface area contributed by atoms with Crippen LogP contribution in [0.25, 0.3) is 0 Å². The lowest BCUT2D eigenvalue weighted by molar-refractivity contribution is 0.126. The minimum atomic E-state index is -3.21. The second-order valence-corrected chi connectivity index (χ2v) is 6.33. The van der Waals surface area contributed by atoms with Gasteiger partial charge in [-0.05, 0) is 19.8 Å². The summed E-state index contributed by atoms with van der Waals surface area (Å²) >= 11 is 0. The minimum Gasteiger partial charge on any atom is -0.377 e. The topological polar surface area (TPSA) is 67.2 Å². The maximum absolute atomic E-state index is 12.1. The molecule has 0 radical (unpaired) electrons. The standard InChI is InChI=1S/C10H17NO3S/c1-3-9(4-6-11)15(12,13)10-5-7-14-8(10)2/h8-10H,3-5,7H2,1-2H3. The van der Waals surface area contributed by atoms with Gasteiger partial charge >= 0.3 is 0 Å². The summed E-state index contributed by atoms with van der Waals surface area (Å²) in [7, 11) is -3.21. The van der Waals surface area contributed by atoms with E-state index in [9.17, 15) is 8.42 Å². The molecule has 1 saturated heterocycles. The first kappa shape index (κ1) is 12.5. The molecule has 0 N–H and O–H groups in total. The van der Waals surface area contributed by atoms with Crippen molar-refractivity contribution in [1.82, 2.24) is 0 Å². The molecule has 4 nitrogen and oxygen atoms in total. The van der Waals surface area contributed by atoms with Crippen molar-refractivity contribution in [1.29, 1.82) is 5.26 Å². The summed E-state index contributed by atoms with van der Waals surface area (Å²) in [5, 5.41) is 7.64. The highest BCUT2D eigenvalue weighted by atomic mass is 32.2. The zero-order valence-corrected chi connectivity index (χ0v) is 9.96. The van der Waals surface area contributed by atoms with Gasteiger partial charge in [0, 0.05) is 6.61 Å². The monoisotopic (exact) mass is 231 g/mol. The average molecular weight is 231 g/mol. The van der Waals surface area contributed by atoms with Crippen LogP contribution in [-0.2, 0) is 14.6 Å². The summed E-state index contributed by atoms with van der Waals surface area (Å²) < 4.78 is 29.5. The predicted molar refractivity (Wildman–Crippen MR) is 57.0 cm³/mol. The van der Waals surface area contributed by atoms with E-state index in [-0.39, 0.29) is 12.5 Å². The largest absolute Gasteiger partial charge is 0.377 e. The fourth-order valence-corrected chi connectivity index (χ4v) is 4.29. The van der Waals surface area contributed by atoms with Crippen LogP contribution in [0, 0.1) is 11.3 Å². The van der Waals surface area contributed by atoms with Crippen molar-refractivity contribution < 1.29 is 13.2 Å². The van der Waals surface area contributed by atoms with Gasteiger partial charge < -0.3 is 4.74 Å². The summed E-state index contributed by atoms with van der Waals surface area (Å²) in [5.41, 5.74) is 0. The van der Waals surface area contributed by atoms with Crippen LogP contribution in [0.15, 0.2) is 0 Å². The van der Waals surface area contributed by atoms with Gasteiger partial charge in [-0.25, -0.2) is 8.42 Å². The maximum atomic E-state index is 12.1. The molecule has 0 bridgehead atoms. The Labute approximate surface area is 91.1 Å². The molecule has 86 valence electrons. The van der Waals surface area contributed by atoms with E-state index >= 15 is 0 Å². The molecule has 1 rings (SSSR count). The van der Waals surface area contributed by atoms with E-state index in [0.29, 0.717) is 19.4 Å². The van der Waals surface area contributed by atoms with Gasteiger partial charge in [-0.15, -0.1) is 0 Å². The molecular formula is C10H17NO3S. The summed E-state index contributed by atoms with van der Waals surface area (Å²) in [4.78, 5) is 0. The zero-order chi connectivity index (χ0) is 11.5. The number of ether oxygens (including phenoxy) is 1. The minimum absolute atomic E-state index is 0.0854. The number of rotatable bonds is 4. The quantitative estimate of drug-likeness (QED) is 0.730. The van der Waals surface area contributed by atoms with Crippen molar-refractivity contribution in [3.63, 3.8) is 0 Å². The van der Waals surface area contributed by atoms with Crippen LogP contribution in [-0.4, -0.2) is 31.6 Å². The van der Waals surface area contributed by atoms with E-state index in [1.807, 2.05) is 6.07 Å². The first-order chi connectivity index (χ1) is 7.04. The van der Waals surface area contributed by atoms with Crippen molar-refractivity contribution in [3.05, 3.63) is 0 Å². The van der Waals surface area contributed by atoms with Crippen LogP contribution in [0.2, 0.25) is 0 Å². The summed E-state index contributed by atoms with van der Waals surface area (Å²) in [6.45, 7) is 4.10. The molecule has 0 aliphatic carbocycles. The van der Waals surface area contributed by atoms with Gasteiger partial charge in [0.25, 0.3) is 0 Å². The third kappa shape index (κ3) is 2.50. The van der Waals surface area contributed by atoms with Crippen LogP contribution in [0.5, 0.6) is 0 Å². The summed E-state index contributed by atoms with van der Waals surface area (Å²) in [5.74, 6) is 0. The van der Waals surface area contributed by atoms with Gasteiger partial charge in [0.1, 0.15) is 0 Å². The molecule has 5 heteroatoms. The highest BCUT2D eigenvalue weighted by Gasteiger charge is 2.39. The second-order valence-electron chi connectivity index (χ2n) is 3.88. The number of sulfone groups is 1. The van der Waals surface area contributed by atoms with Crippen molar-refractivity contribution in [3.8, 4) is 6.07 Å². The van der Waals surface area contributed by atoms with Gasteiger partial charge in [0.05, 0.1) is 29.1 Å². The normalized spacial score (nSPS) is 28.6. The Morgan fingerprint density at radius 2 is 2.27 bits per heavy atom. The fraction of sp³-hybridized carbons (Fsp3) is 0.900. The SMILES string of the molecule is CCC(CC#N)S(=O)(=O)C1CCOC1C. The Hall–Kier alpha value is -0.600. The van der Waals surface area contributed by atoms with E-state index in [0.717, 1.165) is 0 Å². The first-order valence-electron chi connectivity index (χ1n) is 5.25. The van der Waals surface area contributed by atoms with Crippen LogP contribution >= 0.6 is 0 Å². The lowest BCUT2D eigenvalue weighted by atomic mass is 10.2. The van der Waals surface area contributed by atoms with Gasteiger partial charge in [-0.2, -0.15) is 5.26 Å². The van der Waals surface area contributed by atoms with Crippen LogP contribution in [0.4, 0.5) is 0 Å². The van der Waals surface area contributed by atoms with Crippen molar-refractivity contribution >= 4 is 9.84 Å². The van der Waals surface area contributed by atoms with Gasteiger partial charge in [0.2, 0.25) is 0 Å². The number of nitriles is 1. The number of nitrogens with zero attached hydrogens (tertiary/aromatic N) is 1. The molecule has 15 heavy (non-hydrogen) atoms. The van der Waals surface area contributed by atoms with E-state index in [4.69, 9.17) is 10.00 Å². The molecule has 0 spiro atoms. The van der Waals surface area contributed by atoms with E-state index in [1.54, 1.807) is 13.8 Å². The van der Waals surface area contributed by atoms with Gasteiger partial charge in [-0.3, -0.25) is 0 Å². The van der Waals surface area contributed by atoms with Crippen LogP contribution < -0.4 is 0 Å². The molecular weight excluding hydrogens is 214 g/mol. The number of hydrogen-bond acceptors (Lipinski definition) is 4. The lowest BCUT2D eigenvalue weighted by Gasteiger charge is -2.20. The first-order valence-corrected chi connectivity index (χ1v) is 6.86. The van der Waals surface area contributed by atoms with E-state index < -0.39 is 20.3 Å². The van der Waals surface area contributed by atoms with E-state index in [1.165, 1.54) is 0 Å². The summed E-state index contributed by atoms with van der Waals surface area (Å²) in [6, 6.07) is 1.94. The van der Waals surface area contributed by atoms with Gasteiger partial charge in [0.15, 0.2) is 9.84 Å². The third-order valence-electron chi connectivity index (χ3n) is 2.97. The van der Waals surface area contributed by atoms with Crippen LogP contribution in [0.3, 0.4) is 0 Å². The third-order valence-corrected chi connectivity index (χ3v) is 5.86. The molecule has 0 saturated carbocycles. The Morgan fingerprint density at radius 3 is 2.67 bits per heavy atom. The van der Waals surface area contributed by atoms with E-state index in [2.05, 4.69) is 0 Å². The zero-order valence-electron chi connectivity index (χ0n) is 9.14. The van der Waals surface area contributed by atoms with Crippen molar-refractivity contribution in [2.45, 2.75) is 49.7 Å². The highest BCUT2D eigenvalue weighted by Crippen LogP contribution is 2.26. The Bertz CT molecular complexity index is 344. The Kier molecular flexibility index (Phi) is 4.12. The molecule has 1 aliphatic rings. The molecule has 1 heterocycles. The molecule has 0 aromatic heterocycles. The molecule has 1 fully saturated rings. The fourth-order valence-electron chi connectivity index (χ4n) is 1.99. The second kappa shape index (κ2) is 4.95. The molecule has 3 unspecified atom stereocenters. The molecule has 1 aliphatic heterocycles. The molecule has 0 amide bonds. The van der Waals surface area contributed by atoms with Crippen LogP contribution in [0.1, 0.15) is 33.1 Å². The Morgan fingerprint density at radius 1 is 1.60 bits per heavy atom. The average Bonchev–Trinajstić information content (AvgIpc) is 2.61. The highest BCUT2D eigenvalue weighted by molar-refractivity contribution is 7.92.